The van der Waals surface area contributed by atoms with E-state index in [-0.39, 0.29) is 0 Å². The van der Waals surface area contributed by atoms with E-state index in [1.165, 1.54) is 6.42 Å². The van der Waals surface area contributed by atoms with Gasteiger partial charge in [0.15, 0.2) is 0 Å². The first-order valence-corrected chi connectivity index (χ1v) is 4.29. The molecule has 0 aromatic heterocycles. The summed E-state index contributed by atoms with van der Waals surface area (Å²) in [6.45, 7) is 3.79. The first kappa shape index (κ1) is 10.1. The first-order chi connectivity index (χ1) is 6.00. The zero-order valence-electron chi connectivity index (χ0n) is 7.60. The number of carbonyl (C=O) groups is 1. The molecule has 1 aromatic rings. The summed E-state index contributed by atoms with van der Waals surface area (Å²) in [5.41, 5.74) is 7.74. The van der Waals surface area contributed by atoms with Gasteiger partial charge in [0.05, 0.1) is 6.42 Å². The van der Waals surface area contributed by atoms with Crippen molar-refractivity contribution in [3.63, 3.8) is 0 Å². The number of halogens is 1. The van der Waals surface area contributed by atoms with Crippen molar-refractivity contribution in [3.8, 4) is 0 Å². The van der Waals surface area contributed by atoms with Gasteiger partial charge < -0.3 is 5.73 Å². The van der Waals surface area contributed by atoms with E-state index in [1.807, 2.05) is 26.0 Å². The van der Waals surface area contributed by atoms with E-state index in [4.69, 9.17) is 17.3 Å². The zero-order chi connectivity index (χ0) is 10.0. The number of primary amides is 1. The lowest BCUT2D eigenvalue weighted by Crippen LogP contribution is -2.11. The Bertz CT molecular complexity index is 324. The molecule has 0 aliphatic heterocycles. The molecule has 13 heavy (non-hydrogen) atoms. The second-order valence-corrected chi connectivity index (χ2v) is 3.39. The van der Waals surface area contributed by atoms with Gasteiger partial charge in [-0.25, -0.2) is 0 Å². The number of benzene rings is 1. The minimum atomic E-state index is -0.443. The van der Waals surface area contributed by atoms with Gasteiger partial charge in [-0.05, 0) is 30.5 Å². The summed E-state index contributed by atoms with van der Waals surface area (Å²) in [6, 6.07) is 3.67. The highest BCUT2D eigenvalue weighted by molar-refractivity contribution is 6.32. The Hall–Kier alpha value is -1.02. The lowest BCUT2D eigenvalue weighted by molar-refractivity contribution is -0.114. The highest BCUT2D eigenvalue weighted by Crippen LogP contribution is 2.22. The molecule has 1 aromatic carbocycles. The van der Waals surface area contributed by atoms with Crippen LogP contribution in [-0.2, 0) is 4.79 Å². The topological polar surface area (TPSA) is 43.1 Å². The van der Waals surface area contributed by atoms with Crippen LogP contribution in [0.4, 0.5) is 0 Å². The van der Waals surface area contributed by atoms with Crippen molar-refractivity contribution in [3.05, 3.63) is 40.3 Å². The molecule has 1 rings (SSSR count). The van der Waals surface area contributed by atoms with Crippen LogP contribution >= 0.6 is 11.6 Å². The highest BCUT2D eigenvalue weighted by Gasteiger charge is 2.04. The molecule has 3 heteroatoms. The van der Waals surface area contributed by atoms with Crippen LogP contribution in [0.25, 0.3) is 0 Å². The van der Waals surface area contributed by atoms with Gasteiger partial charge in [-0.15, -0.1) is 0 Å². The van der Waals surface area contributed by atoms with Gasteiger partial charge in [0, 0.05) is 5.02 Å². The van der Waals surface area contributed by atoms with Gasteiger partial charge in [-0.3, -0.25) is 4.79 Å². The minimum absolute atomic E-state index is 0.443. The van der Waals surface area contributed by atoms with Gasteiger partial charge in [-0.2, -0.15) is 0 Å². The highest BCUT2D eigenvalue weighted by atomic mass is 35.5. The average Bonchev–Trinajstić information content (AvgIpc) is 1.98. The molecule has 0 atom stereocenters. The molecular weight excluding hydrogens is 186 g/mol. The van der Waals surface area contributed by atoms with Crippen molar-refractivity contribution in [2.75, 3.05) is 0 Å². The van der Waals surface area contributed by atoms with Crippen LogP contribution in [0.3, 0.4) is 0 Å². The van der Waals surface area contributed by atoms with Crippen molar-refractivity contribution >= 4 is 17.5 Å². The molecule has 1 amide bonds. The number of aryl methyl sites for hydroxylation is 2. The van der Waals surface area contributed by atoms with E-state index in [0.29, 0.717) is 0 Å². The van der Waals surface area contributed by atoms with Crippen LogP contribution in [-0.4, -0.2) is 5.91 Å². The number of hydrogen-bond acceptors (Lipinski definition) is 1. The van der Waals surface area contributed by atoms with E-state index in [0.717, 1.165) is 21.7 Å². The van der Waals surface area contributed by atoms with Crippen LogP contribution in [0.5, 0.6) is 0 Å². The second kappa shape index (κ2) is 3.79. The first-order valence-electron chi connectivity index (χ1n) is 3.91. The third kappa shape index (κ3) is 2.46. The second-order valence-electron chi connectivity index (χ2n) is 3.02. The van der Waals surface area contributed by atoms with Crippen molar-refractivity contribution in [2.24, 2.45) is 5.73 Å². The standard InChI is InChI=1S/C10H11ClNO/c1-6-3-8(5-9(12)13)4-7(2)10(6)11/h3-5H,1-2H3,(H2,12,13). The molecule has 0 saturated heterocycles. The Labute approximate surface area is 82.7 Å². The Morgan fingerprint density at radius 2 is 1.85 bits per heavy atom. The molecule has 69 valence electrons. The molecule has 0 fully saturated rings. The molecule has 0 aliphatic rings. The quantitative estimate of drug-likeness (QED) is 0.773. The molecule has 0 spiro atoms. The summed E-state index contributed by atoms with van der Waals surface area (Å²) in [4.78, 5) is 10.6. The lowest BCUT2D eigenvalue weighted by atomic mass is 10.0. The van der Waals surface area contributed by atoms with Gasteiger partial charge in [0.2, 0.25) is 5.91 Å². The SMILES string of the molecule is Cc1cc([CH]C(N)=O)cc(C)c1Cl. The average molecular weight is 197 g/mol. The molecule has 0 bridgehead atoms. The summed E-state index contributed by atoms with van der Waals surface area (Å²) in [6.07, 6.45) is 1.39. The molecule has 0 aliphatic carbocycles. The minimum Gasteiger partial charge on any atom is -0.369 e. The van der Waals surface area contributed by atoms with Gasteiger partial charge in [-0.1, -0.05) is 23.7 Å². The molecule has 2 N–H and O–H groups in total. The maximum absolute atomic E-state index is 10.6. The maximum atomic E-state index is 10.6. The predicted molar refractivity (Wildman–Crippen MR) is 53.5 cm³/mol. The molecule has 0 heterocycles. The fourth-order valence-electron chi connectivity index (χ4n) is 1.23. The fourth-order valence-corrected chi connectivity index (χ4v) is 1.34. The van der Waals surface area contributed by atoms with Gasteiger partial charge >= 0.3 is 0 Å². The maximum Gasteiger partial charge on any atom is 0.226 e. The van der Waals surface area contributed by atoms with Crippen molar-refractivity contribution in [1.82, 2.24) is 0 Å². The monoisotopic (exact) mass is 196 g/mol. The van der Waals surface area contributed by atoms with E-state index in [9.17, 15) is 4.79 Å². The summed E-state index contributed by atoms with van der Waals surface area (Å²) >= 11 is 5.96. The summed E-state index contributed by atoms with van der Waals surface area (Å²) in [7, 11) is 0. The Morgan fingerprint density at radius 1 is 1.38 bits per heavy atom. The van der Waals surface area contributed by atoms with Crippen molar-refractivity contribution in [2.45, 2.75) is 13.8 Å². The van der Waals surface area contributed by atoms with Crippen LogP contribution in [0.2, 0.25) is 5.02 Å². The summed E-state index contributed by atoms with van der Waals surface area (Å²) in [5, 5.41) is 0.738. The molecule has 0 saturated carbocycles. The van der Waals surface area contributed by atoms with Gasteiger partial charge in [0.1, 0.15) is 0 Å². The normalized spacial score (nSPS) is 10.1. The third-order valence-electron chi connectivity index (χ3n) is 1.77. The van der Waals surface area contributed by atoms with E-state index in [1.54, 1.807) is 0 Å². The lowest BCUT2D eigenvalue weighted by Gasteiger charge is -2.05. The Morgan fingerprint density at radius 3 is 2.23 bits per heavy atom. The van der Waals surface area contributed by atoms with Crippen molar-refractivity contribution < 1.29 is 4.79 Å². The summed E-state index contributed by atoms with van der Waals surface area (Å²) < 4.78 is 0. The smallest absolute Gasteiger partial charge is 0.226 e. The number of carbonyl (C=O) groups excluding carboxylic acids is 1. The van der Waals surface area contributed by atoms with Crippen LogP contribution in [0, 0.1) is 20.3 Å². The zero-order valence-corrected chi connectivity index (χ0v) is 8.35. The van der Waals surface area contributed by atoms with Crippen molar-refractivity contribution in [1.29, 1.82) is 0 Å². The Kier molecular flexibility index (Phi) is 2.94. The number of rotatable bonds is 2. The summed E-state index contributed by atoms with van der Waals surface area (Å²) in [5.74, 6) is -0.443. The number of amides is 1. The molecule has 0 unspecified atom stereocenters. The van der Waals surface area contributed by atoms with E-state index < -0.39 is 5.91 Å². The van der Waals surface area contributed by atoms with E-state index in [2.05, 4.69) is 0 Å². The molecular formula is C10H11ClNO. The largest absolute Gasteiger partial charge is 0.369 e. The number of nitrogens with two attached hydrogens (primary N) is 1. The predicted octanol–water partition coefficient (Wildman–Crippen LogP) is 1.99. The van der Waals surface area contributed by atoms with Gasteiger partial charge in [0.25, 0.3) is 0 Å². The van der Waals surface area contributed by atoms with Crippen LogP contribution in [0.1, 0.15) is 16.7 Å². The molecule has 1 radical (unpaired) electrons. The van der Waals surface area contributed by atoms with Crippen LogP contribution in [0.15, 0.2) is 12.1 Å². The van der Waals surface area contributed by atoms with E-state index >= 15 is 0 Å². The van der Waals surface area contributed by atoms with Crippen LogP contribution < -0.4 is 5.73 Å². The number of hydrogen-bond donors (Lipinski definition) is 1. The molecule has 2 nitrogen and oxygen atoms in total. The fraction of sp³-hybridized carbons (Fsp3) is 0.200. The third-order valence-corrected chi connectivity index (χ3v) is 2.36. The Balaban J connectivity index is 3.06.